The van der Waals surface area contributed by atoms with Crippen molar-refractivity contribution in [2.75, 3.05) is 0 Å². The Bertz CT molecular complexity index is 447. The first kappa shape index (κ1) is 13.4. The van der Waals surface area contributed by atoms with E-state index in [0.717, 1.165) is 0 Å². The van der Waals surface area contributed by atoms with Gasteiger partial charge < -0.3 is 5.11 Å². The number of hydrogen-bond donors (Lipinski definition) is 1. The van der Waals surface area contributed by atoms with Crippen molar-refractivity contribution in [1.29, 1.82) is 0 Å². The number of rotatable bonds is 5. The van der Waals surface area contributed by atoms with Gasteiger partial charge >= 0.3 is 5.97 Å². The van der Waals surface area contributed by atoms with E-state index in [1.165, 1.54) is 18.2 Å². The number of nitro benzene ring substituents is 1. The van der Waals surface area contributed by atoms with Gasteiger partial charge in [-0.1, -0.05) is 24.6 Å². The molecule has 0 fully saturated rings. The Hall–Kier alpha value is -1.62. The van der Waals surface area contributed by atoms with Crippen molar-refractivity contribution in [3.05, 3.63) is 38.9 Å². The predicted molar refractivity (Wildman–Crippen MR) is 63.2 cm³/mol. The third kappa shape index (κ3) is 3.42. The molecular weight excluding hydrogens is 246 g/mol. The van der Waals surface area contributed by atoms with Gasteiger partial charge in [0, 0.05) is 16.7 Å². The molecule has 1 aromatic rings. The third-order valence-corrected chi connectivity index (χ3v) is 2.79. The first-order valence-electron chi connectivity index (χ1n) is 5.11. The number of benzene rings is 1. The average molecular weight is 258 g/mol. The van der Waals surface area contributed by atoms with Gasteiger partial charge in [-0.15, -0.1) is 0 Å². The first-order valence-corrected chi connectivity index (χ1v) is 5.49. The average Bonchev–Trinajstić information content (AvgIpc) is 2.26. The van der Waals surface area contributed by atoms with Crippen molar-refractivity contribution < 1.29 is 14.8 Å². The van der Waals surface area contributed by atoms with Crippen molar-refractivity contribution in [1.82, 2.24) is 0 Å². The standard InChI is InChI=1S/C11H12ClNO4/c1-2-7(11(14)15)5-8-3-4-9(12)6-10(8)13(16)17/h3-4,6-7H,2,5H2,1H3,(H,14,15). The van der Waals surface area contributed by atoms with Crippen LogP contribution in [-0.4, -0.2) is 16.0 Å². The van der Waals surface area contributed by atoms with E-state index >= 15 is 0 Å². The van der Waals surface area contributed by atoms with Gasteiger partial charge in [-0.2, -0.15) is 0 Å². The second-order valence-corrected chi connectivity index (χ2v) is 4.11. The summed E-state index contributed by atoms with van der Waals surface area (Å²) in [6, 6.07) is 4.27. The van der Waals surface area contributed by atoms with Gasteiger partial charge in [-0.3, -0.25) is 14.9 Å². The van der Waals surface area contributed by atoms with E-state index in [9.17, 15) is 14.9 Å². The zero-order valence-electron chi connectivity index (χ0n) is 9.22. The van der Waals surface area contributed by atoms with Crippen LogP contribution in [-0.2, 0) is 11.2 Å². The molecule has 5 nitrogen and oxygen atoms in total. The molecule has 1 N–H and O–H groups in total. The highest BCUT2D eigenvalue weighted by atomic mass is 35.5. The fraction of sp³-hybridized carbons (Fsp3) is 0.364. The number of halogens is 1. The SMILES string of the molecule is CCC(Cc1ccc(Cl)cc1[N+](=O)[O-])C(=O)O. The highest BCUT2D eigenvalue weighted by Gasteiger charge is 2.21. The molecule has 1 unspecified atom stereocenters. The molecule has 0 heterocycles. The number of carbonyl (C=O) groups is 1. The summed E-state index contributed by atoms with van der Waals surface area (Å²) in [7, 11) is 0. The Kier molecular flexibility index (Phi) is 4.45. The van der Waals surface area contributed by atoms with E-state index in [2.05, 4.69) is 0 Å². The Balaban J connectivity index is 3.05. The van der Waals surface area contributed by atoms with Gasteiger partial charge in [-0.25, -0.2) is 0 Å². The number of nitrogens with zero attached hydrogens (tertiary/aromatic N) is 1. The second-order valence-electron chi connectivity index (χ2n) is 3.68. The monoisotopic (exact) mass is 257 g/mol. The molecule has 0 saturated heterocycles. The van der Waals surface area contributed by atoms with Crippen molar-refractivity contribution in [2.45, 2.75) is 19.8 Å². The minimum Gasteiger partial charge on any atom is -0.481 e. The number of nitro groups is 1. The van der Waals surface area contributed by atoms with Gasteiger partial charge in [0.15, 0.2) is 0 Å². The molecule has 0 aliphatic heterocycles. The maximum absolute atomic E-state index is 10.9. The largest absolute Gasteiger partial charge is 0.481 e. The molecule has 0 aliphatic carbocycles. The molecule has 0 aliphatic rings. The Labute approximate surface area is 103 Å². The Morgan fingerprint density at radius 2 is 2.24 bits per heavy atom. The van der Waals surface area contributed by atoms with Gasteiger partial charge in [0.05, 0.1) is 10.8 Å². The summed E-state index contributed by atoms with van der Waals surface area (Å²) in [6.45, 7) is 1.74. The zero-order valence-corrected chi connectivity index (χ0v) is 9.98. The molecule has 6 heteroatoms. The number of aliphatic carboxylic acids is 1. The molecule has 0 bridgehead atoms. The van der Waals surface area contributed by atoms with Crippen LogP contribution in [0.2, 0.25) is 5.02 Å². The fourth-order valence-electron chi connectivity index (χ4n) is 1.55. The van der Waals surface area contributed by atoms with E-state index in [4.69, 9.17) is 16.7 Å². The van der Waals surface area contributed by atoms with Crippen LogP contribution in [0.15, 0.2) is 18.2 Å². The molecule has 92 valence electrons. The summed E-state index contributed by atoms with van der Waals surface area (Å²) in [5, 5.41) is 20.0. The topological polar surface area (TPSA) is 80.4 Å². The summed E-state index contributed by atoms with van der Waals surface area (Å²) >= 11 is 5.67. The predicted octanol–water partition coefficient (Wildman–Crippen LogP) is 2.90. The lowest BCUT2D eigenvalue weighted by Gasteiger charge is -2.09. The second kappa shape index (κ2) is 5.63. The summed E-state index contributed by atoms with van der Waals surface area (Å²) in [5.41, 5.74) is 0.269. The zero-order chi connectivity index (χ0) is 13.0. The lowest BCUT2D eigenvalue weighted by atomic mass is 9.96. The van der Waals surface area contributed by atoms with Gasteiger partial charge in [0.2, 0.25) is 0 Å². The maximum Gasteiger partial charge on any atom is 0.306 e. The maximum atomic E-state index is 10.9. The van der Waals surface area contributed by atoms with Gasteiger partial charge in [-0.05, 0) is 18.9 Å². The smallest absolute Gasteiger partial charge is 0.306 e. The van der Waals surface area contributed by atoms with E-state index in [1.54, 1.807) is 6.92 Å². The van der Waals surface area contributed by atoms with Crippen molar-refractivity contribution in [3.8, 4) is 0 Å². The highest BCUT2D eigenvalue weighted by molar-refractivity contribution is 6.30. The summed E-state index contributed by atoms with van der Waals surface area (Å²) in [6.07, 6.45) is 0.564. The Morgan fingerprint density at radius 1 is 1.59 bits per heavy atom. The fourth-order valence-corrected chi connectivity index (χ4v) is 1.72. The molecule has 0 amide bonds. The summed E-state index contributed by atoms with van der Waals surface area (Å²) in [5.74, 6) is -1.56. The van der Waals surface area contributed by atoms with E-state index in [-0.39, 0.29) is 17.1 Å². The Morgan fingerprint density at radius 3 is 2.71 bits per heavy atom. The lowest BCUT2D eigenvalue weighted by Crippen LogP contribution is -2.16. The molecule has 0 aromatic heterocycles. The summed E-state index contributed by atoms with van der Waals surface area (Å²) < 4.78 is 0. The number of hydrogen-bond acceptors (Lipinski definition) is 3. The van der Waals surface area contributed by atoms with Gasteiger partial charge in [0.1, 0.15) is 0 Å². The van der Waals surface area contributed by atoms with Crippen LogP contribution in [0.4, 0.5) is 5.69 Å². The van der Waals surface area contributed by atoms with Crippen LogP contribution in [0.3, 0.4) is 0 Å². The van der Waals surface area contributed by atoms with Crippen molar-refractivity contribution in [3.63, 3.8) is 0 Å². The van der Waals surface area contributed by atoms with Crippen molar-refractivity contribution >= 4 is 23.3 Å². The van der Waals surface area contributed by atoms with Gasteiger partial charge in [0.25, 0.3) is 5.69 Å². The van der Waals surface area contributed by atoms with E-state index in [1.807, 2.05) is 0 Å². The van der Waals surface area contributed by atoms with E-state index in [0.29, 0.717) is 12.0 Å². The van der Waals surface area contributed by atoms with E-state index < -0.39 is 16.8 Å². The number of carboxylic acid groups (broad SMARTS) is 1. The van der Waals surface area contributed by atoms with Crippen LogP contribution in [0.1, 0.15) is 18.9 Å². The van der Waals surface area contributed by atoms with Crippen LogP contribution >= 0.6 is 11.6 Å². The quantitative estimate of drug-likeness (QED) is 0.650. The number of carboxylic acids is 1. The molecule has 1 atom stereocenters. The summed E-state index contributed by atoms with van der Waals surface area (Å²) in [4.78, 5) is 21.2. The third-order valence-electron chi connectivity index (χ3n) is 2.55. The molecule has 0 spiro atoms. The van der Waals surface area contributed by atoms with Crippen LogP contribution < -0.4 is 0 Å². The molecular formula is C11H12ClNO4. The van der Waals surface area contributed by atoms with Crippen LogP contribution in [0, 0.1) is 16.0 Å². The van der Waals surface area contributed by atoms with Crippen molar-refractivity contribution in [2.24, 2.45) is 5.92 Å². The highest BCUT2D eigenvalue weighted by Crippen LogP contribution is 2.26. The first-order chi connectivity index (χ1) is 7.95. The minimum absolute atomic E-state index is 0.128. The normalized spacial score (nSPS) is 12.1. The molecule has 17 heavy (non-hydrogen) atoms. The minimum atomic E-state index is -0.947. The molecule has 0 radical (unpaired) electrons. The van der Waals surface area contributed by atoms with Crippen LogP contribution in [0.5, 0.6) is 0 Å². The van der Waals surface area contributed by atoms with Crippen LogP contribution in [0.25, 0.3) is 0 Å². The molecule has 0 saturated carbocycles. The lowest BCUT2D eigenvalue weighted by molar-refractivity contribution is -0.385. The molecule has 1 aromatic carbocycles. The molecule has 1 rings (SSSR count).